The van der Waals surface area contributed by atoms with Crippen LogP contribution in [0.1, 0.15) is 73.0 Å². The van der Waals surface area contributed by atoms with Crippen LogP contribution in [0.3, 0.4) is 0 Å². The van der Waals surface area contributed by atoms with Crippen LogP contribution in [0.15, 0.2) is 66.7 Å². The lowest BCUT2D eigenvalue weighted by Gasteiger charge is -2.20. The number of ether oxygens (including phenoxy) is 2. The standard InChI is InChI=1S/C29H29NO6/c1-18(20-14-13-19(16-26(20)30(33)34)28(32)36-29(2,3)4)15-27(31)35-17-25-23-11-7-5-9-21(23)22-10-6-8-12-24(22)25/h5-14,16,18,25H,15,17H2,1-4H3. The Labute approximate surface area is 210 Å². The summed E-state index contributed by atoms with van der Waals surface area (Å²) in [5.41, 5.74) is 4.03. The maximum absolute atomic E-state index is 12.8. The molecule has 1 aliphatic rings. The van der Waals surface area contributed by atoms with E-state index in [1.165, 1.54) is 18.2 Å². The summed E-state index contributed by atoms with van der Waals surface area (Å²) in [5, 5.41) is 11.7. The Morgan fingerprint density at radius 2 is 1.56 bits per heavy atom. The molecule has 0 bridgehead atoms. The molecule has 0 aromatic heterocycles. The summed E-state index contributed by atoms with van der Waals surface area (Å²) in [4.78, 5) is 36.3. The highest BCUT2D eigenvalue weighted by Crippen LogP contribution is 2.44. The Morgan fingerprint density at radius 3 is 2.11 bits per heavy atom. The number of benzene rings is 3. The van der Waals surface area contributed by atoms with Gasteiger partial charge in [-0.15, -0.1) is 0 Å². The quantitative estimate of drug-likeness (QED) is 0.217. The molecule has 0 saturated heterocycles. The smallest absolute Gasteiger partial charge is 0.338 e. The first-order chi connectivity index (χ1) is 17.0. The highest BCUT2D eigenvalue weighted by atomic mass is 16.6. The molecule has 0 N–H and O–H groups in total. The van der Waals surface area contributed by atoms with E-state index >= 15 is 0 Å². The SMILES string of the molecule is CC(CC(=O)OCC1c2ccccc2-c2ccccc21)c1ccc(C(=O)OC(C)(C)C)cc1[N+](=O)[O-]. The van der Waals surface area contributed by atoms with E-state index in [1.54, 1.807) is 27.7 Å². The molecule has 0 heterocycles. The second-order valence-electron chi connectivity index (χ2n) is 10.0. The van der Waals surface area contributed by atoms with Crippen molar-refractivity contribution in [3.05, 3.63) is 99.1 Å². The number of nitro benzene ring substituents is 1. The van der Waals surface area contributed by atoms with Gasteiger partial charge in [0, 0.05) is 17.5 Å². The number of hydrogen-bond acceptors (Lipinski definition) is 6. The van der Waals surface area contributed by atoms with Gasteiger partial charge < -0.3 is 9.47 Å². The van der Waals surface area contributed by atoms with Crippen molar-refractivity contribution >= 4 is 17.6 Å². The molecule has 7 nitrogen and oxygen atoms in total. The summed E-state index contributed by atoms with van der Waals surface area (Å²) < 4.78 is 11.0. The minimum atomic E-state index is -0.720. The number of nitrogens with zero attached hydrogens (tertiary/aromatic N) is 1. The predicted molar refractivity (Wildman–Crippen MR) is 136 cm³/mol. The fraction of sp³-hybridized carbons (Fsp3) is 0.310. The van der Waals surface area contributed by atoms with Crippen molar-refractivity contribution in [3.8, 4) is 11.1 Å². The minimum Gasteiger partial charge on any atom is -0.465 e. The van der Waals surface area contributed by atoms with Crippen LogP contribution >= 0.6 is 0 Å². The van der Waals surface area contributed by atoms with Crippen molar-refractivity contribution in [1.82, 2.24) is 0 Å². The molecule has 4 rings (SSSR count). The van der Waals surface area contributed by atoms with Crippen LogP contribution < -0.4 is 0 Å². The third-order valence-corrected chi connectivity index (χ3v) is 6.24. The molecule has 3 aromatic rings. The number of carbonyl (C=O) groups excluding carboxylic acids is 2. The number of nitro groups is 1. The van der Waals surface area contributed by atoms with E-state index in [1.807, 2.05) is 36.4 Å². The third-order valence-electron chi connectivity index (χ3n) is 6.24. The molecule has 3 aromatic carbocycles. The number of carbonyl (C=O) groups is 2. The maximum atomic E-state index is 12.8. The first-order valence-corrected chi connectivity index (χ1v) is 11.9. The zero-order valence-corrected chi connectivity index (χ0v) is 20.8. The Kier molecular flexibility index (Phi) is 6.93. The van der Waals surface area contributed by atoms with Crippen LogP contribution in [0.5, 0.6) is 0 Å². The molecule has 7 heteroatoms. The van der Waals surface area contributed by atoms with Gasteiger partial charge in [0.05, 0.1) is 16.9 Å². The Balaban J connectivity index is 1.46. The van der Waals surface area contributed by atoms with Gasteiger partial charge in [0.15, 0.2) is 0 Å². The molecule has 0 spiro atoms. The van der Waals surface area contributed by atoms with Crippen molar-refractivity contribution < 1.29 is 24.0 Å². The summed E-state index contributed by atoms with van der Waals surface area (Å²) >= 11 is 0. The van der Waals surface area contributed by atoms with Gasteiger partial charge in [0.25, 0.3) is 5.69 Å². The highest BCUT2D eigenvalue weighted by molar-refractivity contribution is 5.90. The lowest BCUT2D eigenvalue weighted by Crippen LogP contribution is -2.24. The number of rotatable bonds is 7. The predicted octanol–water partition coefficient (Wildman–Crippen LogP) is 6.40. The van der Waals surface area contributed by atoms with Gasteiger partial charge >= 0.3 is 11.9 Å². The first-order valence-electron chi connectivity index (χ1n) is 11.9. The largest absolute Gasteiger partial charge is 0.465 e. The van der Waals surface area contributed by atoms with Crippen molar-refractivity contribution in [2.45, 2.75) is 51.6 Å². The fourth-order valence-electron chi connectivity index (χ4n) is 4.62. The molecule has 1 unspecified atom stereocenters. The normalized spacial score (nSPS) is 13.4. The van der Waals surface area contributed by atoms with E-state index < -0.39 is 28.4 Å². The summed E-state index contributed by atoms with van der Waals surface area (Å²) in [6, 6.07) is 20.4. The van der Waals surface area contributed by atoms with Crippen LogP contribution in [0.2, 0.25) is 0 Å². The van der Waals surface area contributed by atoms with Crippen LogP contribution in [0.4, 0.5) is 5.69 Å². The van der Waals surface area contributed by atoms with Crippen LogP contribution in [-0.4, -0.2) is 29.1 Å². The van der Waals surface area contributed by atoms with E-state index in [0.29, 0.717) is 5.56 Å². The van der Waals surface area contributed by atoms with Gasteiger partial charge in [-0.3, -0.25) is 14.9 Å². The van der Waals surface area contributed by atoms with E-state index in [2.05, 4.69) is 12.1 Å². The monoisotopic (exact) mass is 487 g/mol. The van der Waals surface area contributed by atoms with E-state index in [9.17, 15) is 19.7 Å². The Hall–Kier alpha value is -4.00. The molecule has 36 heavy (non-hydrogen) atoms. The zero-order chi connectivity index (χ0) is 26.0. The van der Waals surface area contributed by atoms with E-state index in [4.69, 9.17) is 9.47 Å². The average Bonchev–Trinajstić information content (AvgIpc) is 3.15. The van der Waals surface area contributed by atoms with Crippen molar-refractivity contribution in [3.63, 3.8) is 0 Å². The van der Waals surface area contributed by atoms with Gasteiger partial charge in [-0.2, -0.15) is 0 Å². The topological polar surface area (TPSA) is 95.7 Å². The maximum Gasteiger partial charge on any atom is 0.338 e. The van der Waals surface area contributed by atoms with Gasteiger partial charge in [0.2, 0.25) is 0 Å². The molecular weight excluding hydrogens is 458 g/mol. The Morgan fingerprint density at radius 1 is 0.972 bits per heavy atom. The molecule has 0 radical (unpaired) electrons. The average molecular weight is 488 g/mol. The van der Waals surface area contributed by atoms with Crippen LogP contribution in [-0.2, 0) is 14.3 Å². The minimum absolute atomic E-state index is 0.0252. The van der Waals surface area contributed by atoms with Gasteiger partial charge in [-0.1, -0.05) is 61.5 Å². The van der Waals surface area contributed by atoms with Crippen molar-refractivity contribution in [2.75, 3.05) is 6.61 Å². The van der Waals surface area contributed by atoms with Crippen molar-refractivity contribution in [1.29, 1.82) is 0 Å². The molecular formula is C29H29NO6. The lowest BCUT2D eigenvalue weighted by atomic mass is 9.94. The molecule has 186 valence electrons. The molecule has 1 atom stereocenters. The molecule has 0 fully saturated rings. The van der Waals surface area contributed by atoms with Gasteiger partial charge in [-0.05, 0) is 55.0 Å². The fourth-order valence-corrected chi connectivity index (χ4v) is 4.62. The summed E-state index contributed by atoms with van der Waals surface area (Å²) in [6.45, 7) is 7.11. The van der Waals surface area contributed by atoms with E-state index in [0.717, 1.165) is 22.3 Å². The van der Waals surface area contributed by atoms with Crippen LogP contribution in [0.25, 0.3) is 11.1 Å². The summed E-state index contributed by atoms with van der Waals surface area (Å²) in [7, 11) is 0. The summed E-state index contributed by atoms with van der Waals surface area (Å²) in [6.07, 6.45) is -0.0252. The second kappa shape index (κ2) is 9.93. The third kappa shape index (κ3) is 5.30. The van der Waals surface area contributed by atoms with Gasteiger partial charge in [0.1, 0.15) is 12.2 Å². The highest BCUT2D eigenvalue weighted by Gasteiger charge is 2.30. The summed E-state index contributed by atoms with van der Waals surface area (Å²) in [5.74, 6) is -1.61. The van der Waals surface area contributed by atoms with E-state index in [-0.39, 0.29) is 30.2 Å². The molecule has 0 aliphatic heterocycles. The molecule has 0 amide bonds. The van der Waals surface area contributed by atoms with Crippen molar-refractivity contribution in [2.24, 2.45) is 0 Å². The first kappa shape index (κ1) is 25.1. The number of fused-ring (bicyclic) bond motifs is 3. The Bertz CT molecular complexity index is 1280. The zero-order valence-electron chi connectivity index (χ0n) is 20.8. The molecule has 0 saturated carbocycles. The van der Waals surface area contributed by atoms with Crippen LogP contribution in [0, 0.1) is 10.1 Å². The molecule has 1 aliphatic carbocycles. The number of hydrogen-bond donors (Lipinski definition) is 0. The lowest BCUT2D eigenvalue weighted by molar-refractivity contribution is -0.385. The van der Waals surface area contributed by atoms with Gasteiger partial charge in [-0.25, -0.2) is 4.79 Å². The second-order valence-corrected chi connectivity index (χ2v) is 10.0. The number of esters is 2.